The van der Waals surface area contributed by atoms with Crippen LogP contribution in [0, 0.1) is 6.92 Å². The third-order valence-electron chi connectivity index (χ3n) is 4.07. The predicted molar refractivity (Wildman–Crippen MR) is 102 cm³/mol. The summed E-state index contributed by atoms with van der Waals surface area (Å²) in [7, 11) is 0. The van der Waals surface area contributed by atoms with E-state index in [1.54, 1.807) is 0 Å². The van der Waals surface area contributed by atoms with E-state index < -0.39 is 29.2 Å². The number of carboxylic acids is 1. The Kier molecular flexibility index (Phi) is 7.52. The molecule has 4 heterocycles. The van der Waals surface area contributed by atoms with E-state index in [4.69, 9.17) is 0 Å². The number of rotatable bonds is 7. The van der Waals surface area contributed by atoms with E-state index in [1.165, 1.54) is 50.8 Å². The Hall–Kier alpha value is -1.52. The Morgan fingerprint density at radius 3 is 2.90 bits per heavy atom. The van der Waals surface area contributed by atoms with Gasteiger partial charge in [0.25, 0.3) is 5.91 Å². The number of hydrogen-bond donors (Lipinski definition) is 1. The molecule has 0 aliphatic carbocycles. The maximum Gasteiger partial charge on any atom is 1.00 e. The summed E-state index contributed by atoms with van der Waals surface area (Å²) in [6, 6.07) is -0.904. The largest absolute Gasteiger partial charge is 1.00 e. The minimum Gasteiger partial charge on any atom is -0.861 e. The first kappa shape index (κ1) is 23.1. The van der Waals surface area contributed by atoms with Gasteiger partial charge in [-0.15, -0.1) is 27.1 Å². The molecule has 4 rings (SSSR count). The van der Waals surface area contributed by atoms with Crippen LogP contribution >= 0.6 is 34.9 Å². The molecular weight excluding hydrogens is 463 g/mol. The van der Waals surface area contributed by atoms with Crippen LogP contribution in [0.3, 0.4) is 0 Å². The van der Waals surface area contributed by atoms with Crippen molar-refractivity contribution in [1.29, 1.82) is 0 Å². The average Bonchev–Trinajstić information content (AvgIpc) is 3.35. The standard InChI is InChI=1S/C14H14N8O4S3.Na/c1-6-17-18-14(29-6)28-4-7-3-27-12-9(11(24)22(12)10(7)13(25)26)16-8(23)2-21-5-15-19-20-21;/h5,9,12H,2-4H2,1H3,(H,16,23)(H,25,26);/q;+1/p-1/t9-,12-;/m0./s1. The molecule has 0 radical (unpaired) electrons. The molecule has 2 atom stereocenters. The van der Waals surface area contributed by atoms with Gasteiger partial charge >= 0.3 is 35.5 Å². The molecular formula is C14H13N8NaO4S3. The van der Waals surface area contributed by atoms with Crippen molar-refractivity contribution in [1.82, 2.24) is 35.3 Å². The van der Waals surface area contributed by atoms with Gasteiger partial charge in [-0.2, -0.15) is 0 Å². The fraction of sp³-hybridized carbons (Fsp3) is 0.429. The molecule has 2 aliphatic heterocycles. The Labute approximate surface area is 204 Å². The average molecular weight is 477 g/mol. The van der Waals surface area contributed by atoms with Crippen LogP contribution in [0.15, 0.2) is 26.9 Å². The number of hydrogen-bond acceptors (Lipinski definition) is 12. The number of aliphatic imine (C=N–C) groups is 1. The molecule has 0 unspecified atom stereocenters. The van der Waals surface area contributed by atoms with Gasteiger partial charge in [0.2, 0.25) is 0 Å². The Morgan fingerprint density at radius 1 is 1.47 bits per heavy atom. The Balaban J connectivity index is 0.00000256. The molecule has 1 amide bonds. The smallest absolute Gasteiger partial charge is 0.861 e. The van der Waals surface area contributed by atoms with Crippen LogP contribution in [-0.4, -0.2) is 81.1 Å². The van der Waals surface area contributed by atoms with Crippen LogP contribution in [-0.2, 0) is 16.1 Å². The van der Waals surface area contributed by atoms with E-state index >= 15 is 0 Å². The van der Waals surface area contributed by atoms with Gasteiger partial charge in [-0.05, 0) is 28.8 Å². The molecule has 0 aromatic carbocycles. The van der Waals surface area contributed by atoms with Crippen molar-refractivity contribution >= 4 is 52.6 Å². The number of fused-ring (bicyclic) bond motifs is 1. The topological polar surface area (TPSA) is 162 Å². The first-order valence-electron chi connectivity index (χ1n) is 8.21. The predicted octanol–water partition coefficient (Wildman–Crippen LogP) is -3.99. The first-order chi connectivity index (χ1) is 13.9. The summed E-state index contributed by atoms with van der Waals surface area (Å²) in [5, 5.41) is 40.4. The van der Waals surface area contributed by atoms with E-state index in [-0.39, 0.29) is 41.8 Å². The summed E-state index contributed by atoms with van der Waals surface area (Å²) in [4.78, 5) is 29.6. The monoisotopic (exact) mass is 476 g/mol. The van der Waals surface area contributed by atoms with Gasteiger partial charge in [-0.3, -0.25) is 14.7 Å². The number of carboxylic acid groups (broad SMARTS) is 1. The van der Waals surface area contributed by atoms with Crippen LogP contribution in [0.25, 0.3) is 0 Å². The molecule has 1 saturated heterocycles. The van der Waals surface area contributed by atoms with E-state index in [2.05, 4.69) is 30.7 Å². The molecule has 30 heavy (non-hydrogen) atoms. The van der Waals surface area contributed by atoms with Crippen LogP contribution in [0.1, 0.15) is 5.01 Å². The third-order valence-corrected chi connectivity index (χ3v) is 7.45. The molecule has 0 bridgehead atoms. The molecule has 12 nitrogen and oxygen atoms in total. The summed E-state index contributed by atoms with van der Waals surface area (Å²) >= 11 is 4.20. The zero-order valence-electron chi connectivity index (χ0n) is 15.8. The summed E-state index contributed by atoms with van der Waals surface area (Å²) in [5.41, 5.74) is 0.593. The summed E-state index contributed by atoms with van der Waals surface area (Å²) < 4.78 is 1.94. The number of amides is 1. The third kappa shape index (κ3) is 4.70. The molecule has 0 saturated carbocycles. The van der Waals surface area contributed by atoms with E-state index in [1.807, 2.05) is 6.92 Å². The van der Waals surface area contributed by atoms with Gasteiger partial charge in [-0.25, -0.2) is 9.48 Å². The minimum atomic E-state index is -1.17. The molecule has 0 spiro atoms. The molecule has 2 aromatic heterocycles. The summed E-state index contributed by atoms with van der Waals surface area (Å²) in [6.07, 6.45) is 1.27. The van der Waals surface area contributed by atoms with Crippen LogP contribution in [0.4, 0.5) is 0 Å². The molecule has 152 valence electrons. The zero-order chi connectivity index (χ0) is 20.5. The van der Waals surface area contributed by atoms with Gasteiger partial charge in [0, 0.05) is 11.5 Å². The molecule has 16 heteroatoms. The second-order valence-corrected chi connectivity index (χ2v) is 9.53. The van der Waals surface area contributed by atoms with Crippen LogP contribution in [0.5, 0.6) is 0 Å². The van der Waals surface area contributed by atoms with Crippen molar-refractivity contribution in [3.63, 3.8) is 0 Å². The number of aromatic nitrogens is 6. The fourth-order valence-corrected chi connectivity index (χ4v) is 6.12. The van der Waals surface area contributed by atoms with Gasteiger partial charge < -0.3 is 10.2 Å². The summed E-state index contributed by atoms with van der Waals surface area (Å²) in [6.45, 7) is 1.66. The van der Waals surface area contributed by atoms with Crippen molar-refractivity contribution in [3.05, 3.63) is 22.6 Å². The number of carbonyl (C=O) groups is 2. The van der Waals surface area contributed by atoms with E-state index in [0.717, 1.165) is 9.35 Å². The summed E-state index contributed by atoms with van der Waals surface area (Å²) in [5.74, 6) is -1.41. The van der Waals surface area contributed by atoms with Gasteiger partial charge in [0.05, 0.1) is 6.54 Å². The SMILES string of the molecule is Cc1nnc(SCC2=C(C(=O)O)N3C(=O)[C@H](N=C([O-])Cn4cnnn4)[C@@H]3SC2)s1.[Na+]. The van der Waals surface area contributed by atoms with Crippen molar-refractivity contribution in [2.75, 3.05) is 11.5 Å². The second-order valence-electron chi connectivity index (χ2n) is 6.02. The quantitative estimate of drug-likeness (QED) is 0.136. The second kappa shape index (κ2) is 9.74. The van der Waals surface area contributed by atoms with E-state index in [9.17, 15) is 19.8 Å². The van der Waals surface area contributed by atoms with Crippen molar-refractivity contribution in [3.8, 4) is 0 Å². The number of β-lactam (4-membered cyclic amide) rings is 1. The van der Waals surface area contributed by atoms with E-state index in [0.29, 0.717) is 17.1 Å². The number of nitrogens with zero attached hydrogens (tertiary/aromatic N) is 8. The number of carbonyl (C=O) groups excluding carboxylic acids is 1. The maximum atomic E-state index is 12.6. The Morgan fingerprint density at radius 2 is 2.27 bits per heavy atom. The van der Waals surface area contributed by atoms with Gasteiger partial charge in [-0.1, -0.05) is 23.1 Å². The fourth-order valence-electron chi connectivity index (χ4n) is 2.83. The van der Waals surface area contributed by atoms with Crippen molar-refractivity contribution < 1.29 is 49.4 Å². The number of thioether (sulfide) groups is 2. The van der Waals surface area contributed by atoms with Crippen molar-refractivity contribution in [2.24, 2.45) is 4.99 Å². The maximum absolute atomic E-state index is 12.6. The van der Waals surface area contributed by atoms with Crippen LogP contribution in [0.2, 0.25) is 0 Å². The number of tetrazole rings is 1. The van der Waals surface area contributed by atoms with Gasteiger partial charge in [0.15, 0.2) is 10.4 Å². The molecule has 2 aromatic rings. The Bertz CT molecular complexity index is 1010. The molecule has 2 aliphatic rings. The zero-order valence-corrected chi connectivity index (χ0v) is 20.3. The number of aliphatic carboxylic acids is 1. The number of aryl methyl sites for hydroxylation is 1. The first-order valence-corrected chi connectivity index (χ1v) is 11.1. The molecule has 1 N–H and O–H groups in total. The molecule has 1 fully saturated rings. The van der Waals surface area contributed by atoms with Crippen molar-refractivity contribution in [2.45, 2.75) is 29.2 Å². The normalized spacial score (nSPS) is 21.2. The van der Waals surface area contributed by atoms with Gasteiger partial charge in [0.1, 0.15) is 22.4 Å². The minimum absolute atomic E-state index is 0. The van der Waals surface area contributed by atoms with Crippen LogP contribution < -0.4 is 34.7 Å².